The molecule has 1 aromatic carbocycles. The van der Waals surface area contributed by atoms with Crippen LogP contribution in [-0.4, -0.2) is 11.6 Å². The number of unbranched alkanes of at least 4 members (excludes halogenated alkanes) is 5. The minimum atomic E-state index is -0.496. The first-order valence-electron chi connectivity index (χ1n) is 8.42. The SMILES string of the molecule is CCCCCCCCc1ccccc1C(=O)OOC(C)(C)C. The van der Waals surface area contributed by atoms with Gasteiger partial charge in [-0.15, -0.1) is 0 Å². The lowest BCUT2D eigenvalue weighted by atomic mass is 10.0. The van der Waals surface area contributed by atoms with Crippen molar-refractivity contribution in [1.29, 1.82) is 0 Å². The van der Waals surface area contributed by atoms with Crippen LogP contribution in [0, 0.1) is 0 Å². The zero-order valence-electron chi connectivity index (χ0n) is 14.5. The van der Waals surface area contributed by atoms with Crippen LogP contribution >= 0.6 is 0 Å². The summed E-state index contributed by atoms with van der Waals surface area (Å²) in [4.78, 5) is 22.2. The minimum absolute atomic E-state index is 0.406. The van der Waals surface area contributed by atoms with E-state index in [9.17, 15) is 4.79 Å². The van der Waals surface area contributed by atoms with Gasteiger partial charge in [0.15, 0.2) is 0 Å². The topological polar surface area (TPSA) is 35.5 Å². The van der Waals surface area contributed by atoms with Gasteiger partial charge in [0.1, 0.15) is 5.60 Å². The average Bonchev–Trinajstić information content (AvgIpc) is 2.48. The van der Waals surface area contributed by atoms with Crippen molar-refractivity contribution in [3.63, 3.8) is 0 Å². The molecule has 0 heterocycles. The number of carbonyl (C=O) groups is 1. The van der Waals surface area contributed by atoms with E-state index in [0.29, 0.717) is 5.56 Å². The Bertz CT molecular complexity index is 446. The molecule has 0 N–H and O–H groups in total. The molecule has 124 valence electrons. The molecule has 0 aromatic heterocycles. The number of hydrogen-bond acceptors (Lipinski definition) is 3. The second kappa shape index (κ2) is 9.62. The summed E-state index contributed by atoms with van der Waals surface area (Å²) in [6.07, 6.45) is 8.38. The second-order valence-electron chi connectivity index (χ2n) is 6.74. The van der Waals surface area contributed by atoms with Gasteiger partial charge in [-0.3, -0.25) is 4.89 Å². The van der Waals surface area contributed by atoms with Crippen molar-refractivity contribution in [3.8, 4) is 0 Å². The molecule has 1 aromatic rings. The summed E-state index contributed by atoms with van der Waals surface area (Å²) in [6.45, 7) is 7.77. The highest BCUT2D eigenvalue weighted by Crippen LogP contribution is 2.17. The number of benzene rings is 1. The lowest BCUT2D eigenvalue weighted by molar-refractivity contribution is -0.301. The van der Waals surface area contributed by atoms with Gasteiger partial charge >= 0.3 is 5.97 Å². The molecule has 0 unspecified atom stereocenters. The maximum atomic E-state index is 12.1. The van der Waals surface area contributed by atoms with Gasteiger partial charge < -0.3 is 0 Å². The molecule has 0 fully saturated rings. The van der Waals surface area contributed by atoms with Crippen molar-refractivity contribution < 1.29 is 14.6 Å². The van der Waals surface area contributed by atoms with Crippen LogP contribution in [0.3, 0.4) is 0 Å². The molecule has 0 spiro atoms. The number of carbonyl (C=O) groups excluding carboxylic acids is 1. The highest BCUT2D eigenvalue weighted by molar-refractivity contribution is 5.90. The van der Waals surface area contributed by atoms with Gasteiger partial charge in [0, 0.05) is 0 Å². The van der Waals surface area contributed by atoms with Crippen molar-refractivity contribution >= 4 is 5.97 Å². The van der Waals surface area contributed by atoms with Crippen LogP contribution < -0.4 is 0 Å². The lowest BCUT2D eigenvalue weighted by Crippen LogP contribution is -2.22. The standard InChI is InChI=1S/C19H30O3/c1-5-6-7-8-9-10-13-16-14-11-12-15-17(16)18(20)21-22-19(2,3)4/h11-12,14-15H,5-10,13H2,1-4H3. The maximum Gasteiger partial charge on any atom is 0.373 e. The van der Waals surface area contributed by atoms with E-state index in [1.54, 1.807) is 6.07 Å². The van der Waals surface area contributed by atoms with Crippen LogP contribution in [0.25, 0.3) is 0 Å². The summed E-state index contributed by atoms with van der Waals surface area (Å²) >= 11 is 0. The molecule has 22 heavy (non-hydrogen) atoms. The molecule has 0 bridgehead atoms. The monoisotopic (exact) mass is 306 g/mol. The largest absolute Gasteiger partial charge is 0.373 e. The van der Waals surface area contributed by atoms with E-state index in [2.05, 4.69) is 6.92 Å². The lowest BCUT2D eigenvalue weighted by Gasteiger charge is -2.17. The molecule has 0 radical (unpaired) electrons. The van der Waals surface area contributed by atoms with E-state index in [-0.39, 0.29) is 0 Å². The Labute approximate surface area is 134 Å². The summed E-state index contributed by atoms with van der Waals surface area (Å²) in [6, 6.07) is 7.63. The highest BCUT2D eigenvalue weighted by Gasteiger charge is 2.18. The van der Waals surface area contributed by atoms with Gasteiger partial charge in [-0.05, 0) is 45.2 Å². The quantitative estimate of drug-likeness (QED) is 0.344. The molecule has 1 rings (SSSR count). The number of hydrogen-bond donors (Lipinski definition) is 0. The van der Waals surface area contributed by atoms with E-state index < -0.39 is 11.6 Å². The molecule has 0 saturated heterocycles. The van der Waals surface area contributed by atoms with Crippen molar-refractivity contribution in [1.82, 2.24) is 0 Å². The third kappa shape index (κ3) is 7.60. The fraction of sp³-hybridized carbons (Fsp3) is 0.632. The summed E-state index contributed by atoms with van der Waals surface area (Å²) in [5.41, 5.74) is 1.16. The van der Waals surface area contributed by atoms with E-state index in [1.165, 1.54) is 32.1 Å². The normalized spacial score (nSPS) is 11.5. The highest BCUT2D eigenvalue weighted by atomic mass is 17.2. The Hall–Kier alpha value is -1.35. The molecule has 0 aliphatic rings. The first kappa shape index (κ1) is 18.7. The van der Waals surface area contributed by atoms with E-state index in [0.717, 1.165) is 18.4 Å². The molecule has 0 aliphatic heterocycles. The van der Waals surface area contributed by atoms with Gasteiger partial charge in [0.05, 0.1) is 5.56 Å². The Kier molecular flexibility index (Phi) is 8.18. The predicted octanol–water partition coefficient (Wildman–Crippen LogP) is 5.48. The van der Waals surface area contributed by atoms with Crippen molar-refractivity contribution in [3.05, 3.63) is 35.4 Å². The molecule has 0 atom stereocenters. The summed E-state index contributed by atoms with van der Waals surface area (Å²) in [5.74, 6) is -0.406. The molecule has 0 aliphatic carbocycles. The Balaban J connectivity index is 2.49. The van der Waals surface area contributed by atoms with Gasteiger partial charge in [-0.25, -0.2) is 4.79 Å². The van der Waals surface area contributed by atoms with Crippen LogP contribution in [0.4, 0.5) is 0 Å². The van der Waals surface area contributed by atoms with Crippen LogP contribution in [0.1, 0.15) is 82.1 Å². The fourth-order valence-corrected chi connectivity index (χ4v) is 2.24. The Morgan fingerprint density at radius 3 is 2.32 bits per heavy atom. The summed E-state index contributed by atoms with van der Waals surface area (Å²) in [7, 11) is 0. The number of aryl methyl sites for hydroxylation is 1. The van der Waals surface area contributed by atoms with Gasteiger partial charge in [0.25, 0.3) is 0 Å². The molecule has 0 saturated carbocycles. The molecule has 0 amide bonds. The third-order valence-corrected chi connectivity index (χ3v) is 3.40. The zero-order chi connectivity index (χ0) is 16.4. The average molecular weight is 306 g/mol. The first-order valence-corrected chi connectivity index (χ1v) is 8.42. The predicted molar refractivity (Wildman–Crippen MR) is 89.8 cm³/mol. The smallest absolute Gasteiger partial charge is 0.292 e. The molecular formula is C19H30O3. The first-order chi connectivity index (χ1) is 10.4. The van der Waals surface area contributed by atoms with E-state index in [1.807, 2.05) is 39.0 Å². The Morgan fingerprint density at radius 1 is 1.00 bits per heavy atom. The van der Waals surface area contributed by atoms with E-state index >= 15 is 0 Å². The Morgan fingerprint density at radius 2 is 1.64 bits per heavy atom. The maximum absolute atomic E-state index is 12.1. The van der Waals surface area contributed by atoms with Crippen LogP contribution in [0.2, 0.25) is 0 Å². The van der Waals surface area contributed by atoms with Crippen molar-refractivity contribution in [2.75, 3.05) is 0 Å². The second-order valence-corrected chi connectivity index (χ2v) is 6.74. The molecule has 3 nitrogen and oxygen atoms in total. The van der Waals surface area contributed by atoms with Crippen LogP contribution in [0.15, 0.2) is 24.3 Å². The van der Waals surface area contributed by atoms with Crippen LogP contribution in [-0.2, 0) is 16.2 Å². The zero-order valence-corrected chi connectivity index (χ0v) is 14.5. The van der Waals surface area contributed by atoms with Gasteiger partial charge in [-0.2, -0.15) is 4.89 Å². The number of rotatable bonds is 9. The fourth-order valence-electron chi connectivity index (χ4n) is 2.24. The summed E-state index contributed by atoms with van der Waals surface area (Å²) in [5, 5.41) is 0. The summed E-state index contributed by atoms with van der Waals surface area (Å²) < 4.78 is 0. The van der Waals surface area contributed by atoms with Crippen molar-refractivity contribution in [2.24, 2.45) is 0 Å². The van der Waals surface area contributed by atoms with E-state index in [4.69, 9.17) is 9.78 Å². The molecular weight excluding hydrogens is 276 g/mol. The van der Waals surface area contributed by atoms with Gasteiger partial charge in [-0.1, -0.05) is 57.2 Å². The minimum Gasteiger partial charge on any atom is -0.292 e. The van der Waals surface area contributed by atoms with Gasteiger partial charge in [0.2, 0.25) is 0 Å². The third-order valence-electron chi connectivity index (χ3n) is 3.40. The molecule has 3 heteroatoms. The van der Waals surface area contributed by atoms with Crippen LogP contribution in [0.5, 0.6) is 0 Å². The van der Waals surface area contributed by atoms with Crippen molar-refractivity contribution in [2.45, 2.75) is 78.2 Å².